The van der Waals surface area contributed by atoms with Crippen LogP contribution in [-0.4, -0.2) is 17.9 Å². The Hall–Kier alpha value is -1.26. The highest BCUT2D eigenvalue weighted by molar-refractivity contribution is 6.36. The molecule has 1 aliphatic carbocycles. The lowest BCUT2D eigenvalue weighted by molar-refractivity contribution is -0.127. The first-order chi connectivity index (χ1) is 9.54. The molecule has 4 nitrogen and oxygen atoms in total. The molecule has 0 atom stereocenters. The molecule has 20 heavy (non-hydrogen) atoms. The molecule has 1 aromatic rings. The summed E-state index contributed by atoms with van der Waals surface area (Å²) < 4.78 is 0. The summed E-state index contributed by atoms with van der Waals surface area (Å²) in [6.45, 7) is 0. The first-order valence-electron chi connectivity index (χ1n) is 6.59. The number of rotatable bonds is 4. The van der Waals surface area contributed by atoms with Gasteiger partial charge in [-0.3, -0.25) is 9.59 Å². The zero-order valence-corrected chi connectivity index (χ0v) is 12.4. The van der Waals surface area contributed by atoms with E-state index in [2.05, 4.69) is 10.6 Å². The largest absolute Gasteiger partial charge is 0.353 e. The molecule has 1 aromatic carbocycles. The Morgan fingerprint density at radius 3 is 2.50 bits per heavy atom. The van der Waals surface area contributed by atoms with Gasteiger partial charge in [0.05, 0.1) is 10.7 Å². The molecular weight excluding hydrogens is 299 g/mol. The number of amides is 2. The molecule has 0 aromatic heterocycles. The summed E-state index contributed by atoms with van der Waals surface area (Å²) in [5.74, 6) is -0.635. The SMILES string of the molecule is O=C(CC(=O)NC1CCCC1)Nc1ccc(Cl)cc1Cl. The Morgan fingerprint density at radius 1 is 1.15 bits per heavy atom. The smallest absolute Gasteiger partial charge is 0.233 e. The van der Waals surface area contributed by atoms with Gasteiger partial charge in [-0.25, -0.2) is 0 Å². The van der Waals surface area contributed by atoms with Crippen LogP contribution in [0, 0.1) is 0 Å². The van der Waals surface area contributed by atoms with E-state index >= 15 is 0 Å². The van der Waals surface area contributed by atoms with Gasteiger partial charge in [0.2, 0.25) is 11.8 Å². The molecule has 0 heterocycles. The van der Waals surface area contributed by atoms with E-state index in [0.717, 1.165) is 25.7 Å². The molecule has 0 radical (unpaired) electrons. The lowest BCUT2D eigenvalue weighted by atomic mass is 10.2. The average molecular weight is 315 g/mol. The zero-order valence-electron chi connectivity index (χ0n) is 10.9. The molecular formula is C14H16Cl2N2O2. The van der Waals surface area contributed by atoms with Crippen molar-refractivity contribution >= 4 is 40.7 Å². The lowest BCUT2D eigenvalue weighted by Gasteiger charge is -2.12. The van der Waals surface area contributed by atoms with Gasteiger partial charge in [0.25, 0.3) is 0 Å². The Bertz CT molecular complexity index is 514. The monoisotopic (exact) mass is 314 g/mol. The van der Waals surface area contributed by atoms with Gasteiger partial charge in [0, 0.05) is 11.1 Å². The van der Waals surface area contributed by atoms with Crippen molar-refractivity contribution in [3.8, 4) is 0 Å². The highest BCUT2D eigenvalue weighted by atomic mass is 35.5. The van der Waals surface area contributed by atoms with Crippen molar-refractivity contribution in [3.63, 3.8) is 0 Å². The number of hydrogen-bond donors (Lipinski definition) is 2. The molecule has 0 saturated heterocycles. The predicted octanol–water partition coefficient (Wildman–Crippen LogP) is 3.38. The predicted molar refractivity (Wildman–Crippen MR) is 80.1 cm³/mol. The van der Waals surface area contributed by atoms with Gasteiger partial charge in [-0.15, -0.1) is 0 Å². The van der Waals surface area contributed by atoms with Gasteiger partial charge in [0.1, 0.15) is 6.42 Å². The van der Waals surface area contributed by atoms with Gasteiger partial charge in [-0.2, -0.15) is 0 Å². The fraction of sp³-hybridized carbons (Fsp3) is 0.429. The molecule has 1 aliphatic rings. The summed E-state index contributed by atoms with van der Waals surface area (Å²) in [4.78, 5) is 23.5. The second kappa shape index (κ2) is 6.95. The Labute approximate surface area is 127 Å². The average Bonchev–Trinajstić information content (AvgIpc) is 2.85. The third-order valence-corrected chi connectivity index (χ3v) is 3.79. The molecule has 2 N–H and O–H groups in total. The fourth-order valence-corrected chi connectivity index (χ4v) is 2.74. The molecule has 0 spiro atoms. The summed E-state index contributed by atoms with van der Waals surface area (Å²) >= 11 is 11.7. The lowest BCUT2D eigenvalue weighted by Crippen LogP contribution is -2.35. The number of nitrogens with one attached hydrogen (secondary N) is 2. The van der Waals surface area contributed by atoms with Gasteiger partial charge in [-0.05, 0) is 31.0 Å². The zero-order chi connectivity index (χ0) is 14.5. The van der Waals surface area contributed by atoms with E-state index in [1.807, 2.05) is 0 Å². The number of carbonyl (C=O) groups is 2. The number of anilines is 1. The van der Waals surface area contributed by atoms with Crippen molar-refractivity contribution in [1.82, 2.24) is 5.32 Å². The molecule has 1 fully saturated rings. The maximum Gasteiger partial charge on any atom is 0.233 e. The highest BCUT2D eigenvalue weighted by Crippen LogP contribution is 2.25. The third kappa shape index (κ3) is 4.39. The van der Waals surface area contributed by atoms with Crippen LogP contribution in [0.4, 0.5) is 5.69 Å². The minimum absolute atomic E-state index is 0.199. The van der Waals surface area contributed by atoms with Gasteiger partial charge >= 0.3 is 0 Å². The Balaban J connectivity index is 1.83. The van der Waals surface area contributed by atoms with Crippen LogP contribution in [0.3, 0.4) is 0 Å². The summed E-state index contributed by atoms with van der Waals surface area (Å²) in [6, 6.07) is 4.99. The second-order valence-electron chi connectivity index (χ2n) is 4.90. The standard InChI is InChI=1S/C14H16Cl2N2O2/c15-9-5-6-12(11(16)7-9)18-14(20)8-13(19)17-10-3-1-2-4-10/h5-7,10H,1-4,8H2,(H,17,19)(H,18,20). The number of carbonyl (C=O) groups excluding carboxylic acids is 2. The fourth-order valence-electron chi connectivity index (χ4n) is 2.28. The first kappa shape index (κ1) is 15.1. The minimum atomic E-state index is -0.385. The molecule has 1 saturated carbocycles. The molecule has 0 bridgehead atoms. The van der Waals surface area contributed by atoms with Gasteiger partial charge < -0.3 is 10.6 Å². The molecule has 108 valence electrons. The van der Waals surface area contributed by atoms with Crippen LogP contribution < -0.4 is 10.6 Å². The van der Waals surface area contributed by atoms with Gasteiger partial charge in [0.15, 0.2) is 0 Å². The van der Waals surface area contributed by atoms with Gasteiger partial charge in [-0.1, -0.05) is 36.0 Å². The summed E-state index contributed by atoms with van der Waals surface area (Å²) in [5, 5.41) is 6.31. The van der Waals surface area contributed by atoms with Crippen molar-refractivity contribution in [1.29, 1.82) is 0 Å². The van der Waals surface area contributed by atoms with Crippen LogP contribution in [0.5, 0.6) is 0 Å². The Kier molecular flexibility index (Phi) is 5.26. The van der Waals surface area contributed by atoms with Crippen LogP contribution in [0.2, 0.25) is 10.0 Å². The molecule has 6 heteroatoms. The number of hydrogen-bond acceptors (Lipinski definition) is 2. The minimum Gasteiger partial charge on any atom is -0.353 e. The summed E-state index contributed by atoms with van der Waals surface area (Å²) in [6.07, 6.45) is 4.07. The van der Waals surface area contributed by atoms with E-state index in [9.17, 15) is 9.59 Å². The van der Waals surface area contributed by atoms with Crippen molar-refractivity contribution < 1.29 is 9.59 Å². The third-order valence-electron chi connectivity index (χ3n) is 3.25. The first-order valence-corrected chi connectivity index (χ1v) is 7.34. The van der Waals surface area contributed by atoms with Crippen LogP contribution in [0.25, 0.3) is 0 Å². The van der Waals surface area contributed by atoms with E-state index < -0.39 is 0 Å². The normalized spacial score (nSPS) is 15.1. The number of benzene rings is 1. The van der Waals surface area contributed by atoms with Crippen molar-refractivity contribution in [2.75, 3.05) is 5.32 Å². The van der Waals surface area contributed by atoms with Crippen molar-refractivity contribution in [3.05, 3.63) is 28.2 Å². The van der Waals surface area contributed by atoms with E-state index in [4.69, 9.17) is 23.2 Å². The van der Waals surface area contributed by atoms with Crippen molar-refractivity contribution in [2.45, 2.75) is 38.1 Å². The number of halogens is 2. The molecule has 0 aliphatic heterocycles. The maximum absolute atomic E-state index is 11.8. The topological polar surface area (TPSA) is 58.2 Å². The van der Waals surface area contributed by atoms with Crippen LogP contribution >= 0.6 is 23.2 Å². The van der Waals surface area contributed by atoms with E-state index in [1.54, 1.807) is 12.1 Å². The molecule has 0 unspecified atom stereocenters. The highest BCUT2D eigenvalue weighted by Gasteiger charge is 2.18. The molecule has 2 rings (SSSR count). The summed E-state index contributed by atoms with van der Waals surface area (Å²) in [7, 11) is 0. The second-order valence-corrected chi connectivity index (χ2v) is 5.74. The van der Waals surface area contributed by atoms with Crippen molar-refractivity contribution in [2.24, 2.45) is 0 Å². The summed E-state index contributed by atoms with van der Waals surface area (Å²) in [5.41, 5.74) is 0.453. The van der Waals surface area contributed by atoms with Crippen LogP contribution in [0.15, 0.2) is 18.2 Å². The Morgan fingerprint density at radius 2 is 1.85 bits per heavy atom. The van der Waals surface area contributed by atoms with E-state index in [-0.39, 0.29) is 24.3 Å². The quantitative estimate of drug-likeness (QED) is 0.837. The van der Waals surface area contributed by atoms with E-state index in [1.165, 1.54) is 6.07 Å². The van der Waals surface area contributed by atoms with E-state index in [0.29, 0.717) is 15.7 Å². The van der Waals surface area contributed by atoms with Crippen LogP contribution in [-0.2, 0) is 9.59 Å². The maximum atomic E-state index is 11.8. The molecule has 2 amide bonds. The van der Waals surface area contributed by atoms with Crippen LogP contribution in [0.1, 0.15) is 32.1 Å².